The van der Waals surface area contributed by atoms with Crippen molar-refractivity contribution in [2.24, 2.45) is 5.10 Å². The molecule has 0 aliphatic heterocycles. The second-order valence-corrected chi connectivity index (χ2v) is 4.72. The van der Waals surface area contributed by atoms with Crippen LogP contribution in [0.25, 0.3) is 0 Å². The second-order valence-electron chi connectivity index (χ2n) is 3.30. The fourth-order valence-corrected chi connectivity index (χ4v) is 1.57. The van der Waals surface area contributed by atoms with Gasteiger partial charge in [-0.15, -0.1) is 0 Å². The van der Waals surface area contributed by atoms with Crippen molar-refractivity contribution in [3.05, 3.63) is 24.3 Å². The normalized spacial score (nSPS) is 11.9. The van der Waals surface area contributed by atoms with Gasteiger partial charge in [0.1, 0.15) is 0 Å². The number of benzene rings is 1. The predicted molar refractivity (Wildman–Crippen MR) is 63.2 cm³/mol. The van der Waals surface area contributed by atoms with Crippen LogP contribution in [-0.4, -0.2) is 18.7 Å². The number of anilines is 1. The van der Waals surface area contributed by atoms with E-state index >= 15 is 0 Å². The largest absolute Gasteiger partial charge is 0.294 e. The highest BCUT2D eigenvalue weighted by Crippen LogP contribution is 2.14. The van der Waals surface area contributed by atoms with Gasteiger partial charge in [0.2, 0.25) is 0 Å². The third kappa shape index (κ3) is 4.22. The van der Waals surface area contributed by atoms with Crippen LogP contribution in [0.15, 0.2) is 34.3 Å². The van der Waals surface area contributed by atoms with Crippen molar-refractivity contribution in [1.82, 2.24) is 0 Å². The minimum atomic E-state index is -4.21. The van der Waals surface area contributed by atoms with Gasteiger partial charge in [-0.1, -0.05) is 6.07 Å². The number of nitriles is 1. The first-order valence-electron chi connectivity index (χ1n) is 4.67. The quantitative estimate of drug-likeness (QED) is 0.482. The number of rotatable bonds is 4. The zero-order chi connectivity index (χ0) is 12.9. The molecule has 0 bridgehead atoms. The van der Waals surface area contributed by atoms with Gasteiger partial charge in [-0.25, -0.2) is 0 Å². The van der Waals surface area contributed by atoms with Crippen molar-refractivity contribution in [1.29, 1.82) is 5.26 Å². The summed E-state index contributed by atoms with van der Waals surface area (Å²) >= 11 is 0. The molecule has 0 radical (unpaired) electrons. The van der Waals surface area contributed by atoms with Crippen molar-refractivity contribution in [2.45, 2.75) is 18.2 Å². The third-order valence-electron chi connectivity index (χ3n) is 1.84. The van der Waals surface area contributed by atoms with E-state index in [2.05, 4.69) is 10.5 Å². The molecule has 90 valence electrons. The van der Waals surface area contributed by atoms with E-state index in [-0.39, 0.29) is 11.3 Å². The van der Waals surface area contributed by atoms with Gasteiger partial charge in [0.05, 0.1) is 23.1 Å². The van der Waals surface area contributed by atoms with E-state index in [1.165, 1.54) is 18.2 Å². The van der Waals surface area contributed by atoms with Gasteiger partial charge < -0.3 is 0 Å². The monoisotopic (exact) mass is 253 g/mol. The smallest absolute Gasteiger partial charge is 0.282 e. The van der Waals surface area contributed by atoms with Gasteiger partial charge in [0, 0.05) is 5.71 Å². The summed E-state index contributed by atoms with van der Waals surface area (Å²) in [5.74, 6) is 0. The van der Waals surface area contributed by atoms with Crippen molar-refractivity contribution in [2.75, 3.05) is 5.43 Å². The maximum atomic E-state index is 10.9. The summed E-state index contributed by atoms with van der Waals surface area (Å²) in [6, 6.07) is 7.52. The zero-order valence-electron chi connectivity index (χ0n) is 9.08. The van der Waals surface area contributed by atoms with E-state index in [4.69, 9.17) is 9.81 Å². The lowest BCUT2D eigenvalue weighted by molar-refractivity contribution is 0.483. The average Bonchev–Trinajstić information content (AvgIpc) is 2.26. The fraction of sp³-hybridized carbons (Fsp3) is 0.200. The van der Waals surface area contributed by atoms with Crippen LogP contribution in [0, 0.1) is 11.3 Å². The molecule has 1 rings (SSSR count). The molecule has 7 heteroatoms. The number of hydrogen-bond acceptors (Lipinski definition) is 5. The minimum absolute atomic E-state index is 0.186. The molecule has 0 spiro atoms. The summed E-state index contributed by atoms with van der Waals surface area (Å²) in [7, 11) is -4.21. The Morgan fingerprint density at radius 1 is 1.59 bits per heavy atom. The molecule has 0 aliphatic carbocycles. The van der Waals surface area contributed by atoms with Gasteiger partial charge in [-0.2, -0.15) is 18.8 Å². The van der Waals surface area contributed by atoms with Crippen LogP contribution in [0.2, 0.25) is 0 Å². The molecule has 0 saturated carbocycles. The lowest BCUT2D eigenvalue weighted by Gasteiger charge is -2.03. The predicted octanol–water partition coefficient (Wildman–Crippen LogP) is 1.63. The fourth-order valence-electron chi connectivity index (χ4n) is 1.04. The first-order chi connectivity index (χ1) is 7.93. The maximum absolute atomic E-state index is 10.9. The van der Waals surface area contributed by atoms with Gasteiger partial charge in [-0.05, 0) is 25.1 Å². The van der Waals surface area contributed by atoms with Crippen LogP contribution in [-0.2, 0) is 10.1 Å². The van der Waals surface area contributed by atoms with E-state index in [0.29, 0.717) is 11.4 Å². The van der Waals surface area contributed by atoms with Crippen molar-refractivity contribution in [3.63, 3.8) is 0 Å². The Morgan fingerprint density at radius 2 is 2.29 bits per heavy atom. The Labute approximate surface area is 99.3 Å². The van der Waals surface area contributed by atoms with E-state index in [1.54, 1.807) is 13.0 Å². The Hall–Kier alpha value is -1.91. The van der Waals surface area contributed by atoms with E-state index in [1.807, 2.05) is 6.07 Å². The zero-order valence-corrected chi connectivity index (χ0v) is 9.90. The van der Waals surface area contributed by atoms with Crippen molar-refractivity contribution in [3.8, 4) is 6.07 Å². The summed E-state index contributed by atoms with van der Waals surface area (Å²) in [4.78, 5) is -0.212. The molecular weight excluding hydrogens is 242 g/mol. The highest BCUT2D eigenvalue weighted by atomic mass is 32.2. The minimum Gasteiger partial charge on any atom is -0.282 e. The lowest BCUT2D eigenvalue weighted by Crippen LogP contribution is -2.00. The molecule has 0 fully saturated rings. The summed E-state index contributed by atoms with van der Waals surface area (Å²) < 4.78 is 30.6. The second kappa shape index (κ2) is 5.43. The van der Waals surface area contributed by atoms with Gasteiger partial charge in [-0.3, -0.25) is 9.98 Å². The first kappa shape index (κ1) is 13.2. The number of hydrogen-bond donors (Lipinski definition) is 2. The first-order valence-corrected chi connectivity index (χ1v) is 6.11. The SMILES string of the molecule is C/C(CC#N)=N\Nc1cccc(S(=O)(=O)O)c1. The highest BCUT2D eigenvalue weighted by molar-refractivity contribution is 7.85. The molecular formula is C10H11N3O3S. The molecule has 0 saturated heterocycles. The molecule has 1 aromatic rings. The summed E-state index contributed by atoms with van der Waals surface area (Å²) in [5.41, 5.74) is 3.59. The van der Waals surface area contributed by atoms with Crippen LogP contribution >= 0.6 is 0 Å². The molecule has 1 aromatic carbocycles. The highest BCUT2D eigenvalue weighted by Gasteiger charge is 2.09. The van der Waals surface area contributed by atoms with Gasteiger partial charge >= 0.3 is 0 Å². The summed E-state index contributed by atoms with van der Waals surface area (Å²) in [6.45, 7) is 1.67. The molecule has 2 N–H and O–H groups in total. The Kier molecular flexibility index (Phi) is 4.20. The third-order valence-corrected chi connectivity index (χ3v) is 2.69. The van der Waals surface area contributed by atoms with Gasteiger partial charge in [0.25, 0.3) is 10.1 Å². The molecule has 6 nitrogen and oxygen atoms in total. The average molecular weight is 253 g/mol. The van der Waals surface area contributed by atoms with Crippen LogP contribution in [0.5, 0.6) is 0 Å². The number of nitrogens with one attached hydrogen (secondary N) is 1. The molecule has 0 unspecified atom stereocenters. The standard InChI is InChI=1S/C10H11N3O3S/c1-8(5-6-11)12-13-9-3-2-4-10(7-9)17(14,15)16/h2-4,7,13H,5H2,1H3,(H,14,15,16)/b12-8+. The maximum Gasteiger partial charge on any atom is 0.294 e. The van der Waals surface area contributed by atoms with E-state index in [9.17, 15) is 8.42 Å². The summed E-state index contributed by atoms with van der Waals surface area (Å²) in [5, 5.41) is 12.3. The Balaban J connectivity index is 2.88. The molecule has 17 heavy (non-hydrogen) atoms. The molecule has 0 aliphatic rings. The summed E-state index contributed by atoms with van der Waals surface area (Å²) in [6.07, 6.45) is 0.186. The van der Waals surface area contributed by atoms with Crippen molar-refractivity contribution < 1.29 is 13.0 Å². The van der Waals surface area contributed by atoms with E-state index in [0.717, 1.165) is 0 Å². The molecule has 0 heterocycles. The van der Waals surface area contributed by atoms with Crippen molar-refractivity contribution >= 4 is 21.5 Å². The van der Waals surface area contributed by atoms with Crippen LogP contribution in [0.4, 0.5) is 5.69 Å². The number of hydrazone groups is 1. The van der Waals surface area contributed by atoms with Crippen LogP contribution in [0.3, 0.4) is 0 Å². The number of nitrogens with zero attached hydrogens (tertiary/aromatic N) is 2. The van der Waals surface area contributed by atoms with Gasteiger partial charge in [0.15, 0.2) is 0 Å². The topological polar surface area (TPSA) is 103 Å². The van der Waals surface area contributed by atoms with Crippen LogP contribution < -0.4 is 5.43 Å². The Bertz CT molecular complexity index is 573. The molecule has 0 aromatic heterocycles. The molecule has 0 amide bonds. The Morgan fingerprint density at radius 3 is 2.88 bits per heavy atom. The van der Waals surface area contributed by atoms with E-state index < -0.39 is 10.1 Å². The lowest BCUT2D eigenvalue weighted by atomic mass is 10.3. The van der Waals surface area contributed by atoms with Crippen LogP contribution in [0.1, 0.15) is 13.3 Å². The molecule has 0 atom stereocenters.